The van der Waals surface area contributed by atoms with Gasteiger partial charge in [0.15, 0.2) is 0 Å². The number of carbonyl (C=O) groups is 1. The summed E-state index contributed by atoms with van der Waals surface area (Å²) < 4.78 is 5.02. The summed E-state index contributed by atoms with van der Waals surface area (Å²) in [6.07, 6.45) is 1.17. The number of anilines is 2. The molecule has 0 heterocycles. The molecule has 0 aliphatic carbocycles. The Morgan fingerprint density at radius 3 is 2.69 bits per heavy atom. The maximum Gasteiger partial charge on any atom is 0.271 e. The molecular formula is C17H13ClN4O4. The van der Waals surface area contributed by atoms with E-state index in [0.717, 1.165) is 0 Å². The zero-order chi connectivity index (χ0) is 19.1. The number of methoxy groups -OCH3 is 1. The fourth-order valence-electron chi connectivity index (χ4n) is 1.96. The molecule has 2 rings (SSSR count). The molecule has 132 valence electrons. The first-order chi connectivity index (χ1) is 12.4. The molecule has 0 fully saturated rings. The number of benzene rings is 2. The first-order valence-electron chi connectivity index (χ1n) is 7.20. The van der Waals surface area contributed by atoms with Crippen LogP contribution in [-0.4, -0.2) is 17.9 Å². The van der Waals surface area contributed by atoms with Crippen molar-refractivity contribution in [3.63, 3.8) is 0 Å². The number of nitrogens with zero attached hydrogens (tertiary/aromatic N) is 2. The number of halogens is 1. The normalized spacial score (nSPS) is 10.6. The van der Waals surface area contributed by atoms with Gasteiger partial charge < -0.3 is 15.4 Å². The molecule has 0 spiro atoms. The standard InChI is InChI=1S/C17H13ClN4O4/c1-26-16-6-5-13(8-15(16)18)21-17(23)11(9-19)10-20-12-3-2-4-14(7-12)22(24)25/h2-8,10,20H,1H3,(H,21,23)/b11-10-. The van der Waals surface area contributed by atoms with Crippen molar-refractivity contribution in [3.8, 4) is 11.8 Å². The van der Waals surface area contributed by atoms with E-state index < -0.39 is 10.8 Å². The Balaban J connectivity index is 2.12. The predicted molar refractivity (Wildman–Crippen MR) is 97.0 cm³/mol. The third-order valence-electron chi connectivity index (χ3n) is 3.21. The molecule has 0 aliphatic rings. The molecular weight excluding hydrogens is 360 g/mol. The van der Waals surface area contributed by atoms with E-state index in [1.165, 1.54) is 37.6 Å². The number of nitrogens with one attached hydrogen (secondary N) is 2. The Labute approximate surface area is 153 Å². The zero-order valence-electron chi connectivity index (χ0n) is 13.5. The molecule has 0 radical (unpaired) electrons. The van der Waals surface area contributed by atoms with Gasteiger partial charge in [0.05, 0.1) is 17.1 Å². The molecule has 0 aromatic heterocycles. The van der Waals surface area contributed by atoms with Gasteiger partial charge >= 0.3 is 0 Å². The lowest BCUT2D eigenvalue weighted by Gasteiger charge is -2.08. The molecule has 0 atom stereocenters. The number of hydrogen-bond donors (Lipinski definition) is 2. The second kappa shape index (κ2) is 8.50. The Kier molecular flexibility index (Phi) is 6.14. The molecule has 2 N–H and O–H groups in total. The van der Waals surface area contributed by atoms with Gasteiger partial charge in [0.25, 0.3) is 11.6 Å². The van der Waals surface area contributed by atoms with Crippen molar-refractivity contribution in [1.82, 2.24) is 0 Å². The molecule has 1 amide bonds. The largest absolute Gasteiger partial charge is 0.495 e. The van der Waals surface area contributed by atoms with E-state index in [1.54, 1.807) is 24.3 Å². The van der Waals surface area contributed by atoms with Gasteiger partial charge in [0.1, 0.15) is 17.4 Å². The molecule has 26 heavy (non-hydrogen) atoms. The van der Waals surface area contributed by atoms with Gasteiger partial charge in [-0.2, -0.15) is 5.26 Å². The molecule has 0 saturated heterocycles. The van der Waals surface area contributed by atoms with Gasteiger partial charge in [-0.15, -0.1) is 0 Å². The van der Waals surface area contributed by atoms with E-state index in [0.29, 0.717) is 22.1 Å². The van der Waals surface area contributed by atoms with Crippen LogP contribution in [-0.2, 0) is 4.79 Å². The van der Waals surface area contributed by atoms with E-state index in [9.17, 15) is 14.9 Å². The fraction of sp³-hybridized carbons (Fsp3) is 0.0588. The van der Waals surface area contributed by atoms with E-state index in [-0.39, 0.29) is 11.3 Å². The van der Waals surface area contributed by atoms with Crippen molar-refractivity contribution in [2.24, 2.45) is 0 Å². The minimum absolute atomic E-state index is 0.112. The number of carbonyl (C=O) groups excluding carboxylic acids is 1. The average Bonchev–Trinajstić information content (AvgIpc) is 2.62. The SMILES string of the molecule is COc1ccc(NC(=O)/C(C#N)=C\Nc2cccc([N+](=O)[O-])c2)cc1Cl. The van der Waals surface area contributed by atoms with Gasteiger partial charge in [-0.1, -0.05) is 17.7 Å². The van der Waals surface area contributed by atoms with Crippen molar-refractivity contribution in [2.45, 2.75) is 0 Å². The second-order valence-electron chi connectivity index (χ2n) is 4.93. The number of nitro groups is 1. The highest BCUT2D eigenvalue weighted by Crippen LogP contribution is 2.27. The first-order valence-corrected chi connectivity index (χ1v) is 7.58. The van der Waals surface area contributed by atoms with Crippen LogP contribution in [0.4, 0.5) is 17.1 Å². The number of nitro benzene ring substituents is 1. The molecule has 0 bridgehead atoms. The van der Waals surface area contributed by atoms with Gasteiger partial charge in [-0.25, -0.2) is 0 Å². The van der Waals surface area contributed by atoms with E-state index in [4.69, 9.17) is 21.6 Å². The summed E-state index contributed by atoms with van der Waals surface area (Å²) in [5, 5.41) is 25.4. The average molecular weight is 373 g/mol. The van der Waals surface area contributed by atoms with E-state index in [2.05, 4.69) is 10.6 Å². The third-order valence-corrected chi connectivity index (χ3v) is 3.51. The van der Waals surface area contributed by atoms with Crippen LogP contribution in [0.3, 0.4) is 0 Å². The molecule has 2 aromatic carbocycles. The Bertz CT molecular complexity index is 921. The number of nitriles is 1. The topological polar surface area (TPSA) is 117 Å². The Morgan fingerprint density at radius 2 is 2.08 bits per heavy atom. The van der Waals surface area contributed by atoms with Crippen LogP contribution in [0.5, 0.6) is 5.75 Å². The number of amides is 1. The predicted octanol–water partition coefficient (Wildman–Crippen LogP) is 3.71. The smallest absolute Gasteiger partial charge is 0.271 e. The van der Waals surface area contributed by atoms with Gasteiger partial charge in [0.2, 0.25) is 0 Å². The number of ether oxygens (including phenoxy) is 1. The molecule has 9 heteroatoms. The summed E-state index contributed by atoms with van der Waals surface area (Å²) in [6, 6.07) is 12.1. The fourth-order valence-corrected chi connectivity index (χ4v) is 2.21. The maximum absolute atomic E-state index is 12.2. The zero-order valence-corrected chi connectivity index (χ0v) is 14.3. The highest BCUT2D eigenvalue weighted by Gasteiger charge is 2.11. The van der Waals surface area contributed by atoms with Crippen LogP contribution >= 0.6 is 11.6 Å². The quantitative estimate of drug-likeness (QED) is 0.345. The van der Waals surface area contributed by atoms with Gasteiger partial charge in [0, 0.05) is 29.7 Å². The first kappa shape index (κ1) is 18.8. The molecule has 0 aliphatic heterocycles. The lowest BCUT2D eigenvalue weighted by molar-refractivity contribution is -0.384. The monoisotopic (exact) mass is 372 g/mol. The number of rotatable bonds is 6. The van der Waals surface area contributed by atoms with Crippen LogP contribution in [0.25, 0.3) is 0 Å². The Morgan fingerprint density at radius 1 is 1.31 bits per heavy atom. The minimum atomic E-state index is -0.660. The van der Waals surface area contributed by atoms with Crippen LogP contribution in [0.15, 0.2) is 54.2 Å². The molecule has 0 unspecified atom stereocenters. The summed E-state index contributed by atoms with van der Waals surface area (Å²) >= 11 is 5.98. The third kappa shape index (κ3) is 4.72. The summed E-state index contributed by atoms with van der Waals surface area (Å²) in [4.78, 5) is 22.4. The highest BCUT2D eigenvalue weighted by atomic mass is 35.5. The highest BCUT2D eigenvalue weighted by molar-refractivity contribution is 6.32. The summed E-state index contributed by atoms with van der Waals surface area (Å²) in [5.41, 5.74) is 0.423. The Hall–Kier alpha value is -3.57. The summed E-state index contributed by atoms with van der Waals surface area (Å²) in [6.45, 7) is 0. The van der Waals surface area contributed by atoms with Crippen LogP contribution in [0.1, 0.15) is 0 Å². The molecule has 8 nitrogen and oxygen atoms in total. The molecule has 2 aromatic rings. The van der Waals surface area contributed by atoms with E-state index >= 15 is 0 Å². The lowest BCUT2D eigenvalue weighted by Crippen LogP contribution is -2.14. The summed E-state index contributed by atoms with van der Waals surface area (Å²) in [5.74, 6) is -0.209. The number of non-ortho nitro benzene ring substituents is 1. The minimum Gasteiger partial charge on any atom is -0.495 e. The maximum atomic E-state index is 12.2. The van der Waals surface area contributed by atoms with Crippen molar-refractivity contribution in [2.75, 3.05) is 17.7 Å². The number of hydrogen-bond acceptors (Lipinski definition) is 6. The van der Waals surface area contributed by atoms with Crippen LogP contribution < -0.4 is 15.4 Å². The lowest BCUT2D eigenvalue weighted by atomic mass is 10.2. The van der Waals surface area contributed by atoms with E-state index in [1.807, 2.05) is 0 Å². The van der Waals surface area contributed by atoms with Gasteiger partial charge in [-0.05, 0) is 24.3 Å². The second-order valence-corrected chi connectivity index (χ2v) is 5.33. The van der Waals surface area contributed by atoms with Crippen molar-refractivity contribution in [1.29, 1.82) is 5.26 Å². The van der Waals surface area contributed by atoms with Crippen LogP contribution in [0.2, 0.25) is 5.02 Å². The van der Waals surface area contributed by atoms with Crippen molar-refractivity contribution in [3.05, 3.63) is 69.4 Å². The van der Waals surface area contributed by atoms with Crippen molar-refractivity contribution < 1.29 is 14.5 Å². The summed E-state index contributed by atoms with van der Waals surface area (Å²) in [7, 11) is 1.47. The van der Waals surface area contributed by atoms with Gasteiger partial charge in [-0.3, -0.25) is 14.9 Å². The van der Waals surface area contributed by atoms with Crippen LogP contribution in [0, 0.1) is 21.4 Å². The van der Waals surface area contributed by atoms with Crippen molar-refractivity contribution >= 4 is 34.6 Å². The molecule has 0 saturated carbocycles.